The summed E-state index contributed by atoms with van der Waals surface area (Å²) in [6.45, 7) is 0.301. The molecule has 17 heavy (non-hydrogen) atoms. The number of aromatic nitrogens is 2. The average Bonchev–Trinajstić information content (AvgIpc) is 2.66. The van der Waals surface area contributed by atoms with Crippen molar-refractivity contribution in [1.82, 2.24) is 9.78 Å². The van der Waals surface area contributed by atoms with Crippen LogP contribution in [0.25, 0.3) is 0 Å². The van der Waals surface area contributed by atoms with Gasteiger partial charge in [0.15, 0.2) is 5.82 Å². The molecule has 0 bridgehead atoms. The zero-order valence-electron chi connectivity index (χ0n) is 10.3. The van der Waals surface area contributed by atoms with E-state index >= 15 is 0 Å². The van der Waals surface area contributed by atoms with E-state index in [0.29, 0.717) is 18.2 Å². The highest BCUT2D eigenvalue weighted by molar-refractivity contribution is 5.90. The molecule has 1 amide bonds. The monoisotopic (exact) mass is 242 g/mol. The summed E-state index contributed by atoms with van der Waals surface area (Å²) in [5, 5.41) is 6.72. The van der Waals surface area contributed by atoms with Gasteiger partial charge in [-0.3, -0.25) is 4.79 Å². The van der Waals surface area contributed by atoms with Crippen LogP contribution in [0, 0.1) is 0 Å². The Morgan fingerprint density at radius 3 is 2.82 bits per heavy atom. The largest absolute Gasteiger partial charge is 0.481 e. The topological polar surface area (TPSA) is 91.4 Å². The van der Waals surface area contributed by atoms with E-state index in [1.54, 1.807) is 13.1 Å². The highest BCUT2D eigenvalue weighted by Crippen LogP contribution is 2.15. The van der Waals surface area contributed by atoms with Crippen LogP contribution >= 0.6 is 0 Å². The minimum Gasteiger partial charge on any atom is -0.481 e. The Kier molecular flexibility index (Phi) is 4.92. The van der Waals surface area contributed by atoms with Crippen LogP contribution in [-0.2, 0) is 16.6 Å². The molecule has 1 aromatic heterocycles. The first-order valence-electron chi connectivity index (χ1n) is 5.21. The third kappa shape index (κ3) is 3.72. The maximum Gasteiger partial charge on any atom is 0.228 e. The second kappa shape index (κ2) is 6.21. The Balaban J connectivity index is 2.55. The molecule has 1 heterocycles. The second-order valence-electron chi connectivity index (χ2n) is 3.54. The number of ether oxygens (including phenoxy) is 2. The van der Waals surface area contributed by atoms with Gasteiger partial charge < -0.3 is 20.5 Å². The summed E-state index contributed by atoms with van der Waals surface area (Å²) in [7, 11) is 4.79. The molecule has 1 unspecified atom stereocenters. The van der Waals surface area contributed by atoms with Gasteiger partial charge in [0.25, 0.3) is 0 Å². The van der Waals surface area contributed by atoms with Crippen LogP contribution in [0.2, 0.25) is 0 Å². The maximum atomic E-state index is 11.6. The summed E-state index contributed by atoms with van der Waals surface area (Å²) in [6.07, 6.45) is -0.0769. The molecule has 1 aromatic rings. The number of aryl methyl sites for hydroxylation is 1. The van der Waals surface area contributed by atoms with Crippen LogP contribution < -0.4 is 15.8 Å². The molecule has 0 saturated heterocycles. The molecule has 1 rings (SSSR count). The number of amides is 1. The summed E-state index contributed by atoms with van der Waals surface area (Å²) in [5.74, 6) is 0.826. The quantitative estimate of drug-likeness (QED) is 0.716. The normalized spacial score (nSPS) is 12.2. The second-order valence-corrected chi connectivity index (χ2v) is 3.54. The fraction of sp³-hybridized carbons (Fsp3) is 0.600. The van der Waals surface area contributed by atoms with Gasteiger partial charge in [-0.2, -0.15) is 5.10 Å². The number of nitrogens with zero attached hydrogens (tertiary/aromatic N) is 2. The number of hydrogen-bond donors (Lipinski definition) is 2. The van der Waals surface area contributed by atoms with Crippen molar-refractivity contribution in [2.24, 2.45) is 12.8 Å². The molecular weight excluding hydrogens is 224 g/mol. The highest BCUT2D eigenvalue weighted by atomic mass is 16.5. The van der Waals surface area contributed by atoms with Crippen molar-refractivity contribution in [3.8, 4) is 5.88 Å². The summed E-state index contributed by atoms with van der Waals surface area (Å²) >= 11 is 0. The summed E-state index contributed by atoms with van der Waals surface area (Å²) in [4.78, 5) is 11.6. The first kappa shape index (κ1) is 13.5. The van der Waals surface area contributed by atoms with E-state index in [0.717, 1.165) is 0 Å². The number of carbonyl (C=O) groups excluding carboxylic acids is 1. The Morgan fingerprint density at radius 1 is 1.65 bits per heavy atom. The molecule has 1 atom stereocenters. The molecule has 0 radical (unpaired) electrons. The van der Waals surface area contributed by atoms with Gasteiger partial charge in [0.2, 0.25) is 11.8 Å². The van der Waals surface area contributed by atoms with Crippen molar-refractivity contribution in [2.45, 2.75) is 12.5 Å². The zero-order valence-corrected chi connectivity index (χ0v) is 10.3. The van der Waals surface area contributed by atoms with E-state index in [9.17, 15) is 4.79 Å². The fourth-order valence-electron chi connectivity index (χ4n) is 1.37. The van der Waals surface area contributed by atoms with E-state index in [2.05, 4.69) is 10.4 Å². The number of anilines is 1. The van der Waals surface area contributed by atoms with E-state index in [-0.39, 0.29) is 18.4 Å². The van der Waals surface area contributed by atoms with Gasteiger partial charge in [-0.05, 0) is 0 Å². The summed E-state index contributed by atoms with van der Waals surface area (Å²) in [5.41, 5.74) is 5.43. The fourth-order valence-corrected chi connectivity index (χ4v) is 1.37. The summed E-state index contributed by atoms with van der Waals surface area (Å²) < 4.78 is 11.6. The van der Waals surface area contributed by atoms with Gasteiger partial charge in [0.1, 0.15) is 0 Å². The van der Waals surface area contributed by atoms with Crippen molar-refractivity contribution >= 4 is 11.7 Å². The predicted octanol–water partition coefficient (Wildman–Crippen LogP) is -0.269. The van der Waals surface area contributed by atoms with Crippen LogP contribution in [0.4, 0.5) is 5.82 Å². The Bertz CT molecular complexity index is 374. The lowest BCUT2D eigenvalue weighted by Crippen LogP contribution is -2.28. The van der Waals surface area contributed by atoms with E-state index in [1.807, 2.05) is 0 Å². The molecule has 0 aromatic carbocycles. The lowest BCUT2D eigenvalue weighted by molar-refractivity contribution is -0.118. The third-order valence-electron chi connectivity index (χ3n) is 2.32. The SMILES string of the molecule is COc1cc(NC(=O)CC(CN)OC)nn1C. The van der Waals surface area contributed by atoms with Crippen molar-refractivity contribution in [3.05, 3.63) is 6.07 Å². The minimum atomic E-state index is -0.277. The van der Waals surface area contributed by atoms with Crippen LogP contribution in [-0.4, -0.2) is 42.6 Å². The number of rotatable bonds is 6. The van der Waals surface area contributed by atoms with Gasteiger partial charge in [-0.1, -0.05) is 0 Å². The summed E-state index contributed by atoms with van der Waals surface area (Å²) in [6, 6.07) is 1.64. The first-order valence-corrected chi connectivity index (χ1v) is 5.21. The molecule has 0 aliphatic rings. The number of nitrogens with two attached hydrogens (primary N) is 1. The van der Waals surface area contributed by atoms with Gasteiger partial charge in [-0.15, -0.1) is 0 Å². The van der Waals surface area contributed by atoms with Crippen LogP contribution in [0.5, 0.6) is 5.88 Å². The van der Waals surface area contributed by atoms with Crippen LogP contribution in [0.3, 0.4) is 0 Å². The number of nitrogens with one attached hydrogen (secondary N) is 1. The Hall–Kier alpha value is -1.60. The minimum absolute atomic E-state index is 0.192. The standard InChI is InChI=1S/C10H18N4O3/c1-14-10(17-3)5-8(13-14)12-9(15)4-7(6-11)16-2/h5,7H,4,6,11H2,1-3H3,(H,12,13,15). The van der Waals surface area contributed by atoms with Crippen molar-refractivity contribution in [2.75, 3.05) is 26.1 Å². The average molecular weight is 242 g/mol. The van der Waals surface area contributed by atoms with Gasteiger partial charge in [0.05, 0.1) is 19.6 Å². The maximum absolute atomic E-state index is 11.6. The van der Waals surface area contributed by atoms with Gasteiger partial charge >= 0.3 is 0 Å². The molecule has 0 aliphatic heterocycles. The molecule has 0 fully saturated rings. The molecule has 7 heteroatoms. The predicted molar refractivity (Wildman–Crippen MR) is 62.9 cm³/mol. The molecule has 3 N–H and O–H groups in total. The highest BCUT2D eigenvalue weighted by Gasteiger charge is 2.13. The molecule has 0 spiro atoms. The Morgan fingerprint density at radius 2 is 2.35 bits per heavy atom. The number of carbonyl (C=O) groups is 1. The van der Waals surface area contributed by atoms with E-state index < -0.39 is 0 Å². The molecular formula is C10H18N4O3. The van der Waals surface area contributed by atoms with Gasteiger partial charge in [-0.25, -0.2) is 4.68 Å². The van der Waals surface area contributed by atoms with E-state index in [1.165, 1.54) is 18.9 Å². The molecule has 0 aliphatic carbocycles. The van der Waals surface area contributed by atoms with Crippen molar-refractivity contribution in [1.29, 1.82) is 0 Å². The zero-order chi connectivity index (χ0) is 12.8. The van der Waals surface area contributed by atoms with Crippen molar-refractivity contribution < 1.29 is 14.3 Å². The van der Waals surface area contributed by atoms with Crippen molar-refractivity contribution in [3.63, 3.8) is 0 Å². The molecule has 0 saturated carbocycles. The number of hydrogen-bond acceptors (Lipinski definition) is 5. The third-order valence-corrected chi connectivity index (χ3v) is 2.32. The lowest BCUT2D eigenvalue weighted by atomic mass is 10.2. The molecule has 96 valence electrons. The van der Waals surface area contributed by atoms with Crippen LogP contribution in [0.15, 0.2) is 6.07 Å². The van der Waals surface area contributed by atoms with Crippen LogP contribution in [0.1, 0.15) is 6.42 Å². The van der Waals surface area contributed by atoms with Gasteiger partial charge in [0, 0.05) is 26.8 Å². The Labute approximate surface area is 99.9 Å². The smallest absolute Gasteiger partial charge is 0.228 e. The van der Waals surface area contributed by atoms with E-state index in [4.69, 9.17) is 15.2 Å². The lowest BCUT2D eigenvalue weighted by Gasteiger charge is -2.11. The number of methoxy groups -OCH3 is 2. The molecule has 7 nitrogen and oxygen atoms in total. The first-order chi connectivity index (χ1) is 8.10.